The molecule has 0 spiro atoms. The van der Waals surface area contributed by atoms with Crippen molar-refractivity contribution in [3.8, 4) is 17.2 Å². The number of anilines is 1. The molecular weight excluding hydrogens is 455 g/mol. The summed E-state index contributed by atoms with van der Waals surface area (Å²) in [6.07, 6.45) is 4.43. The smallest absolute Gasteiger partial charge is 0.235 e. The van der Waals surface area contributed by atoms with Gasteiger partial charge in [-0.1, -0.05) is 12.1 Å². The predicted molar refractivity (Wildman–Crippen MR) is 135 cm³/mol. The molecule has 36 heavy (non-hydrogen) atoms. The monoisotopic (exact) mass is 482 g/mol. The minimum Gasteiger partial charge on any atom is -0.339 e. The lowest BCUT2D eigenvalue weighted by Gasteiger charge is -2.25. The number of hydrogen-bond donors (Lipinski definition) is 3. The molecular formula is C28H27FN6O. The number of hydrogen-bond acceptors (Lipinski definition) is 4. The van der Waals surface area contributed by atoms with Crippen molar-refractivity contribution in [2.24, 2.45) is 17.8 Å². The van der Waals surface area contributed by atoms with Gasteiger partial charge in [0.05, 0.1) is 28.8 Å². The van der Waals surface area contributed by atoms with Crippen LogP contribution in [0.25, 0.3) is 22.2 Å². The zero-order valence-electron chi connectivity index (χ0n) is 20.2. The van der Waals surface area contributed by atoms with Crippen molar-refractivity contribution in [2.45, 2.75) is 45.4 Å². The molecule has 2 aliphatic carbocycles. The van der Waals surface area contributed by atoms with Crippen LogP contribution in [0.2, 0.25) is 0 Å². The number of aromatic nitrogens is 4. The first kappa shape index (κ1) is 22.5. The lowest BCUT2D eigenvalue weighted by atomic mass is 9.82. The molecule has 1 unspecified atom stereocenters. The predicted octanol–water partition coefficient (Wildman–Crippen LogP) is 5.74. The standard InChI is InChI=1S/C28H27FN6O/c1-14-23(15(2)35-34-14)17-7-9-20(10-8-17)31-28(36)25(24(18-3-4-18)19-5-6-19)27-32-22-12-16(13-30)11-21(29)26(22)33-27/h7-12,18-19,24-25H,3-6H2,1-2H3,(H,31,36)(H,32,33)(H,34,35). The molecule has 6 rings (SSSR count). The van der Waals surface area contributed by atoms with Crippen molar-refractivity contribution in [2.75, 3.05) is 5.32 Å². The average molecular weight is 483 g/mol. The number of carbonyl (C=O) groups excluding carboxylic acids is 1. The number of halogens is 1. The van der Waals surface area contributed by atoms with Gasteiger partial charge in [-0.15, -0.1) is 0 Å². The summed E-state index contributed by atoms with van der Waals surface area (Å²) < 4.78 is 14.7. The lowest BCUT2D eigenvalue weighted by Crippen LogP contribution is -2.31. The maximum atomic E-state index is 14.7. The van der Waals surface area contributed by atoms with Gasteiger partial charge in [0.15, 0.2) is 0 Å². The van der Waals surface area contributed by atoms with Gasteiger partial charge in [-0.25, -0.2) is 9.37 Å². The van der Waals surface area contributed by atoms with E-state index in [2.05, 4.69) is 25.5 Å². The Morgan fingerprint density at radius 1 is 1.14 bits per heavy atom. The molecule has 1 amide bonds. The third-order valence-corrected chi connectivity index (χ3v) is 7.56. The van der Waals surface area contributed by atoms with Crippen molar-refractivity contribution < 1.29 is 9.18 Å². The Balaban J connectivity index is 1.33. The Kier molecular flexibility index (Phi) is 5.36. The van der Waals surface area contributed by atoms with Gasteiger partial charge in [0.2, 0.25) is 5.91 Å². The SMILES string of the molecule is Cc1n[nH]c(C)c1-c1ccc(NC(=O)C(c2nc3cc(C#N)cc(F)c3[nH]2)C(C2CC2)C2CC2)cc1. The summed E-state index contributed by atoms with van der Waals surface area (Å²) in [5.74, 6) is 0.422. The summed E-state index contributed by atoms with van der Waals surface area (Å²) in [5, 5.41) is 19.6. The normalized spacial score (nSPS) is 16.3. The Labute approximate surface area is 208 Å². The number of aromatic amines is 2. The number of nitrogens with one attached hydrogen (secondary N) is 3. The van der Waals surface area contributed by atoms with E-state index >= 15 is 0 Å². The number of amides is 1. The molecule has 2 fully saturated rings. The van der Waals surface area contributed by atoms with E-state index in [9.17, 15) is 14.4 Å². The van der Waals surface area contributed by atoms with Gasteiger partial charge in [-0.05, 0) is 87.1 Å². The molecule has 0 radical (unpaired) electrons. The van der Waals surface area contributed by atoms with Gasteiger partial charge in [0.1, 0.15) is 17.2 Å². The van der Waals surface area contributed by atoms with E-state index in [1.165, 1.54) is 6.07 Å². The third kappa shape index (κ3) is 4.05. The number of fused-ring (bicyclic) bond motifs is 1. The van der Waals surface area contributed by atoms with E-state index in [1.807, 2.05) is 44.2 Å². The summed E-state index contributed by atoms with van der Waals surface area (Å²) in [7, 11) is 0. The van der Waals surface area contributed by atoms with Crippen molar-refractivity contribution in [3.05, 3.63) is 65.0 Å². The molecule has 2 saturated carbocycles. The number of benzene rings is 2. The van der Waals surface area contributed by atoms with Crippen LogP contribution in [0.4, 0.5) is 10.1 Å². The molecule has 2 aliphatic rings. The fraction of sp³-hybridized carbons (Fsp3) is 0.357. The van der Waals surface area contributed by atoms with Crippen LogP contribution in [-0.4, -0.2) is 26.1 Å². The highest BCUT2D eigenvalue weighted by Crippen LogP contribution is 2.54. The van der Waals surface area contributed by atoms with E-state index in [0.29, 0.717) is 28.9 Å². The van der Waals surface area contributed by atoms with Gasteiger partial charge >= 0.3 is 0 Å². The minimum absolute atomic E-state index is 0.137. The maximum Gasteiger partial charge on any atom is 0.235 e. The molecule has 2 aromatic carbocycles. The highest BCUT2D eigenvalue weighted by molar-refractivity contribution is 5.96. The number of nitrogens with zero attached hydrogens (tertiary/aromatic N) is 3. The van der Waals surface area contributed by atoms with Crippen molar-refractivity contribution in [1.82, 2.24) is 20.2 Å². The molecule has 8 heteroatoms. The fourth-order valence-corrected chi connectivity index (χ4v) is 5.59. The average Bonchev–Trinajstić information content (AvgIpc) is 3.80. The summed E-state index contributed by atoms with van der Waals surface area (Å²) in [5.41, 5.74) is 5.55. The fourth-order valence-electron chi connectivity index (χ4n) is 5.59. The van der Waals surface area contributed by atoms with Crippen LogP contribution < -0.4 is 5.32 Å². The van der Waals surface area contributed by atoms with E-state index in [1.54, 1.807) is 6.07 Å². The van der Waals surface area contributed by atoms with Gasteiger partial charge in [0.25, 0.3) is 0 Å². The number of aryl methyl sites for hydroxylation is 2. The van der Waals surface area contributed by atoms with Gasteiger partial charge in [-0.3, -0.25) is 9.89 Å². The molecule has 2 aromatic heterocycles. The second-order valence-corrected chi connectivity index (χ2v) is 10.2. The third-order valence-electron chi connectivity index (χ3n) is 7.56. The van der Waals surface area contributed by atoms with Crippen LogP contribution in [0, 0.1) is 48.7 Å². The van der Waals surface area contributed by atoms with Crippen molar-refractivity contribution in [3.63, 3.8) is 0 Å². The number of nitriles is 1. The minimum atomic E-state index is -0.531. The number of H-pyrrole nitrogens is 2. The Bertz CT molecular complexity index is 1470. The van der Waals surface area contributed by atoms with Gasteiger partial charge in [0, 0.05) is 16.9 Å². The zero-order valence-corrected chi connectivity index (χ0v) is 20.2. The molecule has 0 aliphatic heterocycles. The quantitative estimate of drug-likeness (QED) is 0.312. The Morgan fingerprint density at radius 3 is 2.42 bits per heavy atom. The van der Waals surface area contributed by atoms with Gasteiger partial charge < -0.3 is 10.3 Å². The molecule has 0 bridgehead atoms. The molecule has 0 saturated heterocycles. The second-order valence-electron chi connectivity index (χ2n) is 10.2. The summed E-state index contributed by atoms with van der Waals surface area (Å²) in [6, 6.07) is 12.5. The topological polar surface area (TPSA) is 110 Å². The van der Waals surface area contributed by atoms with E-state index < -0.39 is 11.7 Å². The molecule has 2 heterocycles. The van der Waals surface area contributed by atoms with Crippen LogP contribution in [0.1, 0.15) is 54.4 Å². The molecule has 1 atom stereocenters. The molecule has 7 nitrogen and oxygen atoms in total. The first-order chi connectivity index (χ1) is 17.4. The number of carbonyl (C=O) groups is 1. The largest absolute Gasteiger partial charge is 0.339 e. The maximum absolute atomic E-state index is 14.7. The summed E-state index contributed by atoms with van der Waals surface area (Å²) in [6.45, 7) is 3.95. The van der Waals surface area contributed by atoms with Crippen LogP contribution >= 0.6 is 0 Å². The summed E-state index contributed by atoms with van der Waals surface area (Å²) >= 11 is 0. The molecule has 4 aromatic rings. The van der Waals surface area contributed by atoms with E-state index in [-0.39, 0.29) is 22.9 Å². The highest BCUT2D eigenvalue weighted by atomic mass is 19.1. The number of rotatable bonds is 7. The van der Waals surface area contributed by atoms with Crippen LogP contribution in [0.5, 0.6) is 0 Å². The molecule has 182 valence electrons. The Morgan fingerprint density at radius 2 is 1.83 bits per heavy atom. The van der Waals surface area contributed by atoms with Crippen LogP contribution in [0.3, 0.4) is 0 Å². The van der Waals surface area contributed by atoms with Gasteiger partial charge in [-0.2, -0.15) is 10.4 Å². The van der Waals surface area contributed by atoms with Crippen LogP contribution in [0.15, 0.2) is 36.4 Å². The summed E-state index contributed by atoms with van der Waals surface area (Å²) in [4.78, 5) is 21.5. The highest BCUT2D eigenvalue weighted by Gasteiger charge is 2.49. The van der Waals surface area contributed by atoms with E-state index in [4.69, 9.17) is 0 Å². The second kappa shape index (κ2) is 8.59. The molecule has 3 N–H and O–H groups in total. The first-order valence-electron chi connectivity index (χ1n) is 12.4. The number of imidazole rings is 1. The Hall–Kier alpha value is -3.99. The first-order valence-corrected chi connectivity index (χ1v) is 12.4. The zero-order chi connectivity index (χ0) is 25.0. The van der Waals surface area contributed by atoms with Crippen molar-refractivity contribution in [1.29, 1.82) is 5.26 Å². The lowest BCUT2D eigenvalue weighted by molar-refractivity contribution is -0.119. The van der Waals surface area contributed by atoms with E-state index in [0.717, 1.165) is 48.2 Å². The van der Waals surface area contributed by atoms with Crippen LogP contribution in [-0.2, 0) is 4.79 Å². The van der Waals surface area contributed by atoms with Crippen molar-refractivity contribution >= 4 is 22.6 Å².